The van der Waals surface area contributed by atoms with E-state index in [1.807, 2.05) is 0 Å². The van der Waals surface area contributed by atoms with Crippen molar-refractivity contribution in [2.24, 2.45) is 0 Å². The fourth-order valence-corrected chi connectivity index (χ4v) is 1.87. The summed E-state index contributed by atoms with van der Waals surface area (Å²) in [5.41, 5.74) is 0.107. The van der Waals surface area contributed by atoms with Crippen LogP contribution in [0.5, 0.6) is 0 Å². The van der Waals surface area contributed by atoms with E-state index in [9.17, 15) is 18.0 Å². The molecule has 1 heterocycles. The number of alkyl halides is 3. The summed E-state index contributed by atoms with van der Waals surface area (Å²) in [6.07, 6.45) is -1.26. The number of amides is 2. The van der Waals surface area contributed by atoms with Gasteiger partial charge in [-0.15, -0.1) is 0 Å². The van der Waals surface area contributed by atoms with Crippen LogP contribution in [0.3, 0.4) is 0 Å². The number of aromatic nitrogens is 1. The first-order valence-electron chi connectivity index (χ1n) is 6.51. The summed E-state index contributed by atoms with van der Waals surface area (Å²) in [5.74, 6) is 0. The normalized spacial score (nSPS) is 12.5. The van der Waals surface area contributed by atoms with Crippen molar-refractivity contribution in [3.63, 3.8) is 0 Å². The molecule has 0 unspecified atom stereocenters. The highest BCUT2D eigenvalue weighted by molar-refractivity contribution is 5.89. The van der Waals surface area contributed by atoms with Crippen LogP contribution in [0, 0.1) is 0 Å². The summed E-state index contributed by atoms with van der Waals surface area (Å²) < 4.78 is 37.8. The summed E-state index contributed by atoms with van der Waals surface area (Å²) in [7, 11) is 0. The van der Waals surface area contributed by atoms with Crippen molar-refractivity contribution in [3.05, 3.63) is 59.9 Å². The van der Waals surface area contributed by atoms with Crippen molar-refractivity contribution in [2.75, 3.05) is 5.32 Å². The van der Waals surface area contributed by atoms with Crippen LogP contribution in [-0.2, 0) is 6.18 Å². The minimum absolute atomic E-state index is 0.0780. The van der Waals surface area contributed by atoms with Gasteiger partial charge in [-0.25, -0.2) is 4.79 Å². The maximum absolute atomic E-state index is 12.6. The van der Waals surface area contributed by atoms with Gasteiger partial charge in [0.25, 0.3) is 0 Å². The van der Waals surface area contributed by atoms with Gasteiger partial charge in [-0.2, -0.15) is 13.2 Å². The molecule has 0 bridgehead atoms. The van der Waals surface area contributed by atoms with Crippen molar-refractivity contribution >= 4 is 11.7 Å². The number of hydrogen-bond acceptors (Lipinski definition) is 2. The maximum Gasteiger partial charge on any atom is 0.416 e. The Bertz CT molecular complexity index is 644. The number of pyridine rings is 1. The van der Waals surface area contributed by atoms with E-state index in [-0.39, 0.29) is 11.7 Å². The van der Waals surface area contributed by atoms with Crippen LogP contribution in [0.25, 0.3) is 0 Å². The first kappa shape index (κ1) is 15.8. The lowest BCUT2D eigenvalue weighted by Gasteiger charge is -2.15. The van der Waals surface area contributed by atoms with Crippen LogP contribution < -0.4 is 10.6 Å². The van der Waals surface area contributed by atoms with Gasteiger partial charge in [-0.1, -0.05) is 6.07 Å². The third-order valence-corrected chi connectivity index (χ3v) is 3.00. The number of urea groups is 1. The molecular weight excluding hydrogens is 295 g/mol. The molecular formula is C15H14F3N3O. The first-order chi connectivity index (χ1) is 10.4. The Labute approximate surface area is 125 Å². The van der Waals surface area contributed by atoms with Gasteiger partial charge in [-0.05, 0) is 42.8 Å². The van der Waals surface area contributed by atoms with Crippen LogP contribution in [0.1, 0.15) is 24.1 Å². The molecule has 0 saturated heterocycles. The molecule has 0 radical (unpaired) electrons. The molecule has 1 aromatic heterocycles. The molecule has 7 heteroatoms. The number of nitrogens with zero attached hydrogens (tertiary/aromatic N) is 1. The summed E-state index contributed by atoms with van der Waals surface area (Å²) in [4.78, 5) is 15.7. The monoisotopic (exact) mass is 309 g/mol. The molecule has 2 amide bonds. The van der Waals surface area contributed by atoms with E-state index in [0.29, 0.717) is 0 Å². The average molecular weight is 309 g/mol. The molecule has 1 aromatic carbocycles. The molecule has 4 nitrogen and oxygen atoms in total. The first-order valence-corrected chi connectivity index (χ1v) is 6.51. The second-order valence-electron chi connectivity index (χ2n) is 4.68. The molecule has 0 fully saturated rings. The summed E-state index contributed by atoms with van der Waals surface area (Å²) >= 11 is 0. The van der Waals surface area contributed by atoms with Gasteiger partial charge >= 0.3 is 12.2 Å². The number of hydrogen-bond donors (Lipinski definition) is 2. The zero-order valence-electron chi connectivity index (χ0n) is 11.7. The molecule has 0 aliphatic rings. The van der Waals surface area contributed by atoms with Crippen molar-refractivity contribution in [3.8, 4) is 0 Å². The van der Waals surface area contributed by atoms with Crippen LogP contribution in [0.4, 0.5) is 23.7 Å². The predicted octanol–water partition coefficient (Wildman–Crippen LogP) is 3.98. The zero-order chi connectivity index (χ0) is 16.2. The lowest BCUT2D eigenvalue weighted by Crippen LogP contribution is -2.31. The third-order valence-electron chi connectivity index (χ3n) is 3.00. The van der Waals surface area contributed by atoms with E-state index < -0.39 is 17.8 Å². The maximum atomic E-state index is 12.6. The highest BCUT2D eigenvalue weighted by Gasteiger charge is 2.30. The Hall–Kier alpha value is -2.57. The highest BCUT2D eigenvalue weighted by atomic mass is 19.4. The van der Waals surface area contributed by atoms with E-state index >= 15 is 0 Å². The third kappa shape index (κ3) is 4.21. The molecule has 0 spiro atoms. The molecule has 0 saturated carbocycles. The van der Waals surface area contributed by atoms with E-state index in [1.165, 1.54) is 12.1 Å². The van der Waals surface area contributed by atoms with Crippen LogP contribution in [-0.4, -0.2) is 11.0 Å². The van der Waals surface area contributed by atoms with Crippen LogP contribution >= 0.6 is 0 Å². The number of carbonyl (C=O) groups is 1. The zero-order valence-corrected chi connectivity index (χ0v) is 11.7. The van der Waals surface area contributed by atoms with E-state index in [4.69, 9.17) is 0 Å². The Morgan fingerprint density at radius 1 is 1.18 bits per heavy atom. The molecule has 2 N–H and O–H groups in total. The van der Waals surface area contributed by atoms with E-state index in [1.54, 1.807) is 31.5 Å². The standard InChI is InChI=1S/C15H14F3N3O/c1-10(11-5-7-19-8-6-11)20-14(22)21-13-4-2-3-12(9-13)15(16,17)18/h2-10H,1H3,(H2,20,21,22)/t10-/m0/s1. The van der Waals surface area contributed by atoms with Gasteiger partial charge in [0.1, 0.15) is 0 Å². The minimum atomic E-state index is -4.45. The number of carbonyl (C=O) groups excluding carboxylic acids is 1. The Balaban J connectivity index is 2.01. The largest absolute Gasteiger partial charge is 0.416 e. The smallest absolute Gasteiger partial charge is 0.331 e. The molecule has 2 rings (SSSR count). The van der Waals surface area contributed by atoms with Crippen molar-refractivity contribution in [1.29, 1.82) is 0 Å². The second kappa shape index (κ2) is 6.46. The fraction of sp³-hybridized carbons (Fsp3) is 0.200. The molecule has 0 aliphatic heterocycles. The van der Waals surface area contributed by atoms with Crippen LogP contribution in [0.2, 0.25) is 0 Å². The molecule has 2 aromatic rings. The van der Waals surface area contributed by atoms with Crippen molar-refractivity contribution in [2.45, 2.75) is 19.1 Å². The van der Waals surface area contributed by atoms with Crippen molar-refractivity contribution < 1.29 is 18.0 Å². The quantitative estimate of drug-likeness (QED) is 0.901. The number of anilines is 1. The highest BCUT2D eigenvalue weighted by Crippen LogP contribution is 2.30. The Morgan fingerprint density at radius 3 is 2.50 bits per heavy atom. The number of nitrogens with one attached hydrogen (secondary N) is 2. The van der Waals surface area contributed by atoms with Crippen LogP contribution in [0.15, 0.2) is 48.8 Å². The van der Waals surface area contributed by atoms with Crippen molar-refractivity contribution in [1.82, 2.24) is 10.3 Å². The van der Waals surface area contributed by atoms with Gasteiger partial charge < -0.3 is 10.6 Å². The van der Waals surface area contributed by atoms with Gasteiger partial charge in [-0.3, -0.25) is 4.98 Å². The molecule has 1 atom stereocenters. The lowest BCUT2D eigenvalue weighted by atomic mass is 10.1. The summed E-state index contributed by atoms with van der Waals surface area (Å²) in [6.45, 7) is 1.76. The average Bonchev–Trinajstić information content (AvgIpc) is 2.47. The minimum Gasteiger partial charge on any atom is -0.331 e. The summed E-state index contributed by atoms with van der Waals surface area (Å²) in [6, 6.07) is 7.08. The number of halogens is 3. The lowest BCUT2D eigenvalue weighted by molar-refractivity contribution is -0.137. The topological polar surface area (TPSA) is 54.0 Å². The van der Waals surface area contributed by atoms with Gasteiger partial charge in [0.2, 0.25) is 0 Å². The van der Waals surface area contributed by atoms with E-state index in [2.05, 4.69) is 15.6 Å². The van der Waals surface area contributed by atoms with Gasteiger partial charge in [0.05, 0.1) is 11.6 Å². The van der Waals surface area contributed by atoms with Gasteiger partial charge in [0, 0.05) is 18.1 Å². The second-order valence-corrected chi connectivity index (χ2v) is 4.68. The molecule has 22 heavy (non-hydrogen) atoms. The Morgan fingerprint density at radius 2 is 1.86 bits per heavy atom. The predicted molar refractivity (Wildman–Crippen MR) is 76.3 cm³/mol. The number of rotatable bonds is 3. The molecule has 0 aliphatic carbocycles. The molecule has 116 valence electrons. The number of benzene rings is 1. The van der Waals surface area contributed by atoms with Gasteiger partial charge in [0.15, 0.2) is 0 Å². The Kier molecular flexibility index (Phi) is 4.65. The SMILES string of the molecule is C[C@H](NC(=O)Nc1cccc(C(F)(F)F)c1)c1ccncc1. The summed E-state index contributed by atoms with van der Waals surface area (Å²) in [5, 5.41) is 5.03. The fourth-order valence-electron chi connectivity index (χ4n) is 1.87. The van der Waals surface area contributed by atoms with E-state index in [0.717, 1.165) is 17.7 Å².